The summed E-state index contributed by atoms with van der Waals surface area (Å²) in [5, 5.41) is 3.53. The Kier molecular flexibility index (Phi) is 5.30. The summed E-state index contributed by atoms with van der Waals surface area (Å²) in [4.78, 5) is 25.0. The molecular formula is C14H19F3N4O2. The van der Waals surface area contributed by atoms with E-state index in [1.165, 1.54) is 0 Å². The first kappa shape index (κ1) is 17.3. The van der Waals surface area contributed by atoms with E-state index in [0.717, 1.165) is 18.5 Å². The molecule has 1 atom stereocenters. The van der Waals surface area contributed by atoms with Crippen LogP contribution in [0.5, 0.6) is 0 Å². The number of rotatable bonds is 4. The molecule has 2 rings (SSSR count). The quantitative estimate of drug-likeness (QED) is 0.879. The van der Waals surface area contributed by atoms with E-state index in [4.69, 9.17) is 0 Å². The lowest BCUT2D eigenvalue weighted by atomic mass is 10.1. The smallest absolute Gasteiger partial charge is 0.353 e. The topological polar surface area (TPSA) is 66.4 Å². The number of hydrogen-bond acceptors (Lipinski definition) is 3. The van der Waals surface area contributed by atoms with Crippen molar-refractivity contribution >= 4 is 11.9 Å². The first-order valence-electron chi connectivity index (χ1n) is 7.26. The minimum atomic E-state index is -4.51. The van der Waals surface area contributed by atoms with Crippen molar-refractivity contribution in [3.05, 3.63) is 24.0 Å². The molecule has 0 unspecified atom stereocenters. The molecule has 1 aliphatic heterocycles. The van der Waals surface area contributed by atoms with E-state index in [2.05, 4.69) is 0 Å². The summed E-state index contributed by atoms with van der Waals surface area (Å²) in [5.74, 6) is -0.620. The van der Waals surface area contributed by atoms with Gasteiger partial charge in [-0.2, -0.15) is 13.2 Å². The highest BCUT2D eigenvalue weighted by atomic mass is 19.4. The molecule has 0 bridgehead atoms. The Hall–Kier alpha value is -2.03. The minimum absolute atomic E-state index is 0.0325. The number of nitrogens with zero attached hydrogens (tertiary/aromatic N) is 2. The second kappa shape index (κ2) is 7.03. The first-order chi connectivity index (χ1) is 10.8. The molecule has 1 aromatic heterocycles. The van der Waals surface area contributed by atoms with Crippen LogP contribution < -0.4 is 10.6 Å². The van der Waals surface area contributed by atoms with Crippen molar-refractivity contribution in [1.29, 1.82) is 0 Å². The molecule has 0 radical (unpaired) electrons. The van der Waals surface area contributed by atoms with Gasteiger partial charge in [0.05, 0.1) is 12.6 Å². The highest BCUT2D eigenvalue weighted by Crippen LogP contribution is 2.31. The normalized spacial score (nSPS) is 18.9. The molecular weight excluding hydrogens is 313 g/mol. The maximum atomic E-state index is 12.0. The van der Waals surface area contributed by atoms with Crippen LogP contribution in [-0.4, -0.2) is 47.2 Å². The van der Waals surface area contributed by atoms with E-state index < -0.39 is 24.7 Å². The van der Waals surface area contributed by atoms with Gasteiger partial charge in [0.2, 0.25) is 5.91 Å². The van der Waals surface area contributed by atoms with Crippen LogP contribution in [0.3, 0.4) is 0 Å². The molecule has 1 aliphatic rings. The Morgan fingerprint density at radius 3 is 2.74 bits per heavy atom. The maximum Gasteiger partial charge on any atom is 0.405 e. The van der Waals surface area contributed by atoms with Crippen LogP contribution in [-0.2, 0) is 11.8 Å². The Balaban J connectivity index is 1.85. The molecule has 2 N–H and O–H groups in total. The lowest BCUT2D eigenvalue weighted by molar-refractivity contribution is -0.125. The van der Waals surface area contributed by atoms with Gasteiger partial charge in [-0.05, 0) is 31.5 Å². The molecule has 128 valence electrons. The third kappa shape index (κ3) is 4.98. The monoisotopic (exact) mass is 332 g/mol. The molecule has 1 saturated heterocycles. The fourth-order valence-electron chi connectivity index (χ4n) is 2.75. The molecule has 9 heteroatoms. The second-order valence-corrected chi connectivity index (χ2v) is 5.52. The van der Waals surface area contributed by atoms with Gasteiger partial charge in [-0.1, -0.05) is 0 Å². The van der Waals surface area contributed by atoms with Crippen LogP contribution in [0, 0.1) is 0 Å². The number of alkyl halides is 3. The molecule has 3 amide bonds. The predicted octanol–water partition coefficient (Wildman–Crippen LogP) is 1.55. The molecule has 6 nitrogen and oxygen atoms in total. The van der Waals surface area contributed by atoms with E-state index in [1.54, 1.807) is 5.32 Å². The third-order valence-corrected chi connectivity index (χ3v) is 3.74. The molecule has 1 aromatic rings. The fraction of sp³-hybridized carbons (Fsp3) is 0.571. The number of halogens is 3. The lowest BCUT2D eigenvalue weighted by Crippen LogP contribution is -2.46. The van der Waals surface area contributed by atoms with Crippen LogP contribution in [0.15, 0.2) is 18.3 Å². The number of urea groups is 1. The van der Waals surface area contributed by atoms with Gasteiger partial charge in [-0.25, -0.2) is 4.79 Å². The number of carbonyl (C=O) groups is 2. The summed E-state index contributed by atoms with van der Waals surface area (Å²) in [6.45, 7) is -0.801. The lowest BCUT2D eigenvalue weighted by Gasteiger charge is -2.24. The average Bonchev–Trinajstić information content (AvgIpc) is 3.04. The number of aryl methyl sites for hydroxylation is 1. The number of imide groups is 1. The SMILES string of the molecule is Cn1cccc1[C@@H]1CCCN1CC(=O)NC(=O)NCC(F)(F)F. The van der Waals surface area contributed by atoms with Gasteiger partial charge in [0.25, 0.3) is 0 Å². The van der Waals surface area contributed by atoms with Crippen molar-refractivity contribution in [1.82, 2.24) is 20.1 Å². The van der Waals surface area contributed by atoms with Crippen LogP contribution in [0.1, 0.15) is 24.6 Å². The molecule has 23 heavy (non-hydrogen) atoms. The molecule has 1 fully saturated rings. The van der Waals surface area contributed by atoms with Crippen molar-refractivity contribution in [3.63, 3.8) is 0 Å². The van der Waals surface area contributed by atoms with Gasteiger partial charge in [-0.15, -0.1) is 0 Å². The van der Waals surface area contributed by atoms with Gasteiger partial charge in [0.15, 0.2) is 0 Å². The molecule has 2 heterocycles. The number of nitrogens with one attached hydrogen (secondary N) is 2. The van der Waals surface area contributed by atoms with Crippen molar-refractivity contribution in [2.45, 2.75) is 25.1 Å². The summed E-state index contributed by atoms with van der Waals surface area (Å²) in [6.07, 6.45) is -0.780. The summed E-state index contributed by atoms with van der Waals surface area (Å²) >= 11 is 0. The van der Waals surface area contributed by atoms with Crippen LogP contribution in [0.2, 0.25) is 0 Å². The highest BCUT2D eigenvalue weighted by molar-refractivity contribution is 5.95. The van der Waals surface area contributed by atoms with E-state index in [-0.39, 0.29) is 12.6 Å². The second-order valence-electron chi connectivity index (χ2n) is 5.52. The fourth-order valence-corrected chi connectivity index (χ4v) is 2.75. The van der Waals surface area contributed by atoms with Crippen molar-refractivity contribution in [2.24, 2.45) is 7.05 Å². The molecule has 0 aromatic carbocycles. The Labute approximate surface area is 131 Å². The van der Waals surface area contributed by atoms with Crippen LogP contribution in [0.4, 0.5) is 18.0 Å². The minimum Gasteiger partial charge on any atom is -0.353 e. The Morgan fingerprint density at radius 2 is 2.13 bits per heavy atom. The number of likely N-dealkylation sites (tertiary alicyclic amines) is 1. The predicted molar refractivity (Wildman–Crippen MR) is 76.6 cm³/mol. The van der Waals surface area contributed by atoms with E-state index in [1.807, 2.05) is 40.2 Å². The van der Waals surface area contributed by atoms with Crippen molar-refractivity contribution in [3.8, 4) is 0 Å². The zero-order valence-electron chi connectivity index (χ0n) is 12.7. The number of carbonyl (C=O) groups excluding carboxylic acids is 2. The zero-order valence-corrected chi connectivity index (χ0v) is 12.7. The van der Waals surface area contributed by atoms with Crippen LogP contribution >= 0.6 is 0 Å². The Morgan fingerprint density at radius 1 is 1.39 bits per heavy atom. The zero-order chi connectivity index (χ0) is 17.0. The first-order valence-corrected chi connectivity index (χ1v) is 7.26. The summed E-state index contributed by atoms with van der Waals surface area (Å²) < 4.78 is 37.9. The van der Waals surface area contributed by atoms with Crippen LogP contribution in [0.25, 0.3) is 0 Å². The van der Waals surface area contributed by atoms with E-state index in [0.29, 0.717) is 6.54 Å². The standard InChI is InChI=1S/C14H19F3N4O2/c1-20-6-2-4-10(20)11-5-3-7-21(11)8-12(22)19-13(23)18-9-14(15,16)17/h2,4,6,11H,3,5,7-9H2,1H3,(H2,18,19,22,23)/t11-/m0/s1. The van der Waals surface area contributed by atoms with E-state index in [9.17, 15) is 22.8 Å². The highest BCUT2D eigenvalue weighted by Gasteiger charge is 2.30. The summed E-state index contributed by atoms with van der Waals surface area (Å²) in [6, 6.07) is 2.81. The van der Waals surface area contributed by atoms with Gasteiger partial charge in [-0.3, -0.25) is 15.0 Å². The summed E-state index contributed by atoms with van der Waals surface area (Å²) in [5.41, 5.74) is 1.07. The van der Waals surface area contributed by atoms with Gasteiger partial charge in [0.1, 0.15) is 6.54 Å². The largest absolute Gasteiger partial charge is 0.405 e. The molecule has 0 aliphatic carbocycles. The Bertz CT molecular complexity index is 571. The average molecular weight is 332 g/mol. The third-order valence-electron chi connectivity index (χ3n) is 3.74. The van der Waals surface area contributed by atoms with Crippen molar-refractivity contribution in [2.75, 3.05) is 19.6 Å². The maximum absolute atomic E-state index is 12.0. The van der Waals surface area contributed by atoms with Gasteiger partial charge < -0.3 is 9.88 Å². The number of hydrogen-bond donors (Lipinski definition) is 2. The van der Waals surface area contributed by atoms with E-state index >= 15 is 0 Å². The van der Waals surface area contributed by atoms with Gasteiger partial charge in [0, 0.05) is 18.9 Å². The van der Waals surface area contributed by atoms with Crippen molar-refractivity contribution < 1.29 is 22.8 Å². The number of aromatic nitrogens is 1. The summed E-state index contributed by atoms with van der Waals surface area (Å²) in [7, 11) is 1.91. The number of amides is 3. The molecule has 0 spiro atoms. The molecule has 0 saturated carbocycles. The van der Waals surface area contributed by atoms with Gasteiger partial charge >= 0.3 is 12.2 Å².